The van der Waals surface area contributed by atoms with Crippen LogP contribution in [0.3, 0.4) is 0 Å². The topological polar surface area (TPSA) is 95.2 Å². The Balaban J connectivity index is 1.76. The fourth-order valence-corrected chi connectivity index (χ4v) is 4.52. The molecule has 1 unspecified atom stereocenters. The molecule has 0 aliphatic heterocycles. The Hall–Kier alpha value is -2.26. The van der Waals surface area contributed by atoms with E-state index in [1.807, 2.05) is 38.1 Å². The van der Waals surface area contributed by atoms with Crippen molar-refractivity contribution in [3.8, 4) is 16.3 Å². The molecule has 0 spiro atoms. The van der Waals surface area contributed by atoms with E-state index in [0.29, 0.717) is 11.5 Å². The zero-order chi connectivity index (χ0) is 19.6. The SMILES string of the molecule is COc1ccc(-c2nc(CS(=O)(=O)C(C)c3nc(C(C)C)no3)cs2)cc1. The van der Waals surface area contributed by atoms with Gasteiger partial charge in [-0.15, -0.1) is 11.3 Å². The maximum atomic E-state index is 12.7. The normalized spacial score (nSPS) is 13.1. The van der Waals surface area contributed by atoms with E-state index in [1.54, 1.807) is 19.4 Å². The Morgan fingerprint density at radius 1 is 1.15 bits per heavy atom. The minimum Gasteiger partial charge on any atom is -0.497 e. The number of aromatic nitrogens is 3. The average molecular weight is 408 g/mol. The maximum Gasteiger partial charge on any atom is 0.244 e. The highest BCUT2D eigenvalue weighted by Crippen LogP contribution is 2.29. The standard InChI is InChI=1S/C18H21N3O4S2/c1-11(2)16-20-17(25-21-16)12(3)27(22,23)10-14-9-26-18(19-14)13-5-7-15(24-4)8-6-13/h5-9,11-12H,10H2,1-4H3. The van der Waals surface area contributed by atoms with Crippen LogP contribution in [0.2, 0.25) is 0 Å². The first-order valence-corrected chi connectivity index (χ1v) is 11.0. The smallest absolute Gasteiger partial charge is 0.244 e. The van der Waals surface area contributed by atoms with Crippen LogP contribution < -0.4 is 4.74 Å². The monoisotopic (exact) mass is 407 g/mol. The van der Waals surface area contributed by atoms with Crippen molar-refractivity contribution in [2.24, 2.45) is 0 Å². The van der Waals surface area contributed by atoms with Crippen LogP contribution in [0, 0.1) is 0 Å². The maximum absolute atomic E-state index is 12.7. The highest BCUT2D eigenvalue weighted by atomic mass is 32.2. The number of rotatable bonds is 7. The first-order valence-electron chi connectivity index (χ1n) is 8.44. The van der Waals surface area contributed by atoms with Gasteiger partial charge in [-0.1, -0.05) is 19.0 Å². The summed E-state index contributed by atoms with van der Waals surface area (Å²) in [5.74, 6) is 1.27. The average Bonchev–Trinajstić information content (AvgIpc) is 3.30. The number of sulfone groups is 1. The largest absolute Gasteiger partial charge is 0.497 e. The van der Waals surface area contributed by atoms with Crippen molar-refractivity contribution in [3.63, 3.8) is 0 Å². The highest BCUT2D eigenvalue weighted by molar-refractivity contribution is 7.90. The van der Waals surface area contributed by atoms with Gasteiger partial charge in [-0.25, -0.2) is 13.4 Å². The van der Waals surface area contributed by atoms with Gasteiger partial charge in [0.1, 0.15) is 16.0 Å². The van der Waals surface area contributed by atoms with Crippen LogP contribution in [0.4, 0.5) is 0 Å². The molecular weight excluding hydrogens is 386 g/mol. The molecule has 9 heteroatoms. The summed E-state index contributed by atoms with van der Waals surface area (Å²) in [5.41, 5.74) is 1.41. The number of nitrogens with zero attached hydrogens (tertiary/aromatic N) is 3. The lowest BCUT2D eigenvalue weighted by Gasteiger charge is -2.07. The Labute approximate surface area is 162 Å². The number of methoxy groups -OCH3 is 1. The Morgan fingerprint density at radius 3 is 2.44 bits per heavy atom. The van der Waals surface area contributed by atoms with Gasteiger partial charge in [0.05, 0.1) is 18.6 Å². The van der Waals surface area contributed by atoms with Crippen molar-refractivity contribution in [3.05, 3.63) is 47.1 Å². The van der Waals surface area contributed by atoms with Gasteiger partial charge in [0.25, 0.3) is 0 Å². The summed E-state index contributed by atoms with van der Waals surface area (Å²) in [6.45, 7) is 5.40. The molecule has 0 amide bonds. The van der Waals surface area contributed by atoms with Crippen LogP contribution in [0.5, 0.6) is 5.75 Å². The first-order chi connectivity index (χ1) is 12.8. The van der Waals surface area contributed by atoms with E-state index in [1.165, 1.54) is 11.3 Å². The van der Waals surface area contributed by atoms with Crippen molar-refractivity contribution in [2.75, 3.05) is 7.11 Å². The second kappa shape index (κ2) is 7.77. The second-order valence-electron chi connectivity index (χ2n) is 6.47. The van der Waals surface area contributed by atoms with Gasteiger partial charge in [0, 0.05) is 16.9 Å². The number of benzene rings is 1. The van der Waals surface area contributed by atoms with Crippen LogP contribution in [0.1, 0.15) is 49.3 Å². The fourth-order valence-electron chi connectivity index (χ4n) is 2.37. The van der Waals surface area contributed by atoms with Crippen LogP contribution in [-0.4, -0.2) is 30.7 Å². The van der Waals surface area contributed by atoms with Crippen LogP contribution in [-0.2, 0) is 15.6 Å². The predicted octanol–water partition coefficient (Wildman–Crippen LogP) is 4.00. The molecule has 0 fully saturated rings. The van der Waals surface area contributed by atoms with Gasteiger partial charge in [-0.3, -0.25) is 0 Å². The van der Waals surface area contributed by atoms with E-state index < -0.39 is 15.1 Å². The van der Waals surface area contributed by atoms with Crippen LogP contribution in [0.15, 0.2) is 34.2 Å². The minimum absolute atomic E-state index is 0.0722. The third kappa shape index (κ3) is 4.36. The first kappa shape index (κ1) is 19.5. The number of hydrogen-bond donors (Lipinski definition) is 0. The van der Waals surface area contributed by atoms with Crippen molar-refractivity contribution >= 4 is 21.2 Å². The molecule has 0 aliphatic rings. The van der Waals surface area contributed by atoms with E-state index in [-0.39, 0.29) is 17.6 Å². The van der Waals surface area contributed by atoms with Crippen LogP contribution >= 0.6 is 11.3 Å². The van der Waals surface area contributed by atoms with Crippen molar-refractivity contribution in [1.29, 1.82) is 0 Å². The summed E-state index contributed by atoms with van der Waals surface area (Å²) in [6, 6.07) is 7.48. The minimum atomic E-state index is -3.53. The van der Waals surface area contributed by atoms with E-state index in [9.17, 15) is 8.42 Å². The zero-order valence-electron chi connectivity index (χ0n) is 15.5. The molecule has 0 bridgehead atoms. The summed E-state index contributed by atoms with van der Waals surface area (Å²) in [6.07, 6.45) is 0. The molecule has 7 nitrogen and oxygen atoms in total. The third-order valence-corrected chi connectivity index (χ3v) is 7.02. The number of thiazole rings is 1. The van der Waals surface area contributed by atoms with E-state index in [0.717, 1.165) is 16.3 Å². The lowest BCUT2D eigenvalue weighted by molar-refractivity contribution is 0.369. The Bertz CT molecular complexity index is 1010. The lowest BCUT2D eigenvalue weighted by Crippen LogP contribution is -2.13. The van der Waals surface area contributed by atoms with Gasteiger partial charge < -0.3 is 9.26 Å². The second-order valence-corrected chi connectivity index (χ2v) is 9.65. The summed E-state index contributed by atoms with van der Waals surface area (Å²) >= 11 is 1.40. The molecule has 27 heavy (non-hydrogen) atoms. The number of hydrogen-bond acceptors (Lipinski definition) is 8. The van der Waals surface area contributed by atoms with Gasteiger partial charge in [-0.05, 0) is 31.2 Å². The highest BCUT2D eigenvalue weighted by Gasteiger charge is 2.29. The number of ether oxygens (including phenoxy) is 1. The summed E-state index contributed by atoms with van der Waals surface area (Å²) in [5, 5.41) is 5.48. The molecule has 0 N–H and O–H groups in total. The molecule has 2 heterocycles. The molecule has 1 aromatic carbocycles. The van der Waals surface area contributed by atoms with E-state index in [2.05, 4.69) is 15.1 Å². The summed E-state index contributed by atoms with van der Waals surface area (Å²) in [7, 11) is -1.92. The zero-order valence-corrected chi connectivity index (χ0v) is 17.2. The van der Waals surface area contributed by atoms with Gasteiger partial charge in [0.2, 0.25) is 5.89 Å². The molecule has 2 aromatic heterocycles. The Kier molecular flexibility index (Phi) is 5.61. The summed E-state index contributed by atoms with van der Waals surface area (Å²) < 4.78 is 35.7. The van der Waals surface area contributed by atoms with Gasteiger partial charge >= 0.3 is 0 Å². The Morgan fingerprint density at radius 2 is 1.85 bits per heavy atom. The van der Waals surface area contributed by atoms with E-state index in [4.69, 9.17) is 9.26 Å². The molecular formula is C18H21N3O4S2. The molecule has 0 saturated carbocycles. The van der Waals surface area contributed by atoms with Crippen molar-refractivity contribution < 1.29 is 17.7 Å². The van der Waals surface area contributed by atoms with E-state index >= 15 is 0 Å². The molecule has 0 radical (unpaired) electrons. The van der Waals surface area contributed by atoms with Crippen molar-refractivity contribution in [2.45, 2.75) is 37.7 Å². The molecule has 3 aromatic rings. The molecule has 3 rings (SSSR count). The lowest BCUT2D eigenvalue weighted by atomic mass is 10.2. The third-order valence-electron chi connectivity index (χ3n) is 4.10. The van der Waals surface area contributed by atoms with Gasteiger partial charge in [0.15, 0.2) is 15.7 Å². The fraction of sp³-hybridized carbons (Fsp3) is 0.389. The molecule has 0 saturated heterocycles. The molecule has 144 valence electrons. The van der Waals surface area contributed by atoms with Gasteiger partial charge in [-0.2, -0.15) is 4.98 Å². The quantitative estimate of drug-likeness (QED) is 0.584. The van der Waals surface area contributed by atoms with Crippen molar-refractivity contribution in [1.82, 2.24) is 15.1 Å². The molecule has 1 atom stereocenters. The predicted molar refractivity (Wildman–Crippen MR) is 104 cm³/mol. The summed E-state index contributed by atoms with van der Waals surface area (Å²) in [4.78, 5) is 8.66. The molecule has 0 aliphatic carbocycles. The van der Waals surface area contributed by atoms with Crippen LogP contribution in [0.25, 0.3) is 10.6 Å².